The summed E-state index contributed by atoms with van der Waals surface area (Å²) >= 11 is 21.6. The van der Waals surface area contributed by atoms with Gasteiger partial charge in [0.05, 0.1) is 0 Å². The van der Waals surface area contributed by atoms with E-state index >= 15 is 0 Å². The molecule has 0 bridgehead atoms. The normalized spacial score (nSPS) is 10.2. The monoisotopic (exact) mass is 204 g/mol. The largest absolute Gasteiger partial charge is 0.430 e. The van der Waals surface area contributed by atoms with Crippen LogP contribution in [0.5, 0.6) is 0 Å². The number of halogens is 4. The summed E-state index contributed by atoms with van der Waals surface area (Å²) in [4.78, 5) is 0. The molecule has 0 atom stereocenters. The zero-order valence-corrected chi connectivity index (χ0v) is 6.94. The van der Waals surface area contributed by atoms with E-state index in [1.54, 1.807) is 0 Å². The fourth-order valence-electron chi connectivity index (χ4n) is 0.341. The molecule has 1 aromatic rings. The van der Waals surface area contributed by atoms with Crippen LogP contribution in [0.25, 0.3) is 0 Å². The van der Waals surface area contributed by atoms with Crippen LogP contribution in [0, 0.1) is 0 Å². The Morgan fingerprint density at radius 1 is 0.778 bits per heavy atom. The van der Waals surface area contributed by atoms with E-state index in [2.05, 4.69) is 4.42 Å². The highest BCUT2D eigenvalue weighted by Crippen LogP contribution is 2.38. The van der Waals surface area contributed by atoms with Gasteiger partial charge in [-0.25, -0.2) is 0 Å². The molecule has 0 N–H and O–H groups in total. The maximum Gasteiger partial charge on any atom is 0.215 e. The van der Waals surface area contributed by atoms with Gasteiger partial charge in [0.1, 0.15) is 10.0 Å². The second-order valence-electron chi connectivity index (χ2n) is 1.28. The van der Waals surface area contributed by atoms with E-state index in [-0.39, 0.29) is 20.5 Å². The third-order valence-electron chi connectivity index (χ3n) is 0.717. The molecule has 0 aliphatic carbocycles. The van der Waals surface area contributed by atoms with Gasteiger partial charge in [0.15, 0.2) is 0 Å². The van der Waals surface area contributed by atoms with E-state index in [0.717, 1.165) is 0 Å². The van der Waals surface area contributed by atoms with Gasteiger partial charge in [0.2, 0.25) is 10.4 Å². The molecule has 0 saturated carbocycles. The summed E-state index contributed by atoms with van der Waals surface area (Å²) in [6.07, 6.45) is 0. The van der Waals surface area contributed by atoms with Gasteiger partial charge < -0.3 is 4.42 Å². The lowest BCUT2D eigenvalue weighted by Crippen LogP contribution is -1.53. The second-order valence-corrected chi connectivity index (χ2v) is 2.72. The number of hydrogen-bond donors (Lipinski definition) is 0. The molecular formula is C4Cl4O. The lowest BCUT2D eigenvalue weighted by molar-refractivity contribution is 0.571. The molecular weight excluding hydrogens is 206 g/mol. The van der Waals surface area contributed by atoms with Gasteiger partial charge in [-0.05, 0) is 23.2 Å². The lowest BCUT2D eigenvalue weighted by atomic mass is 10.7. The molecule has 0 radical (unpaired) electrons. The van der Waals surface area contributed by atoms with E-state index < -0.39 is 0 Å². The topological polar surface area (TPSA) is 13.1 Å². The van der Waals surface area contributed by atoms with E-state index in [1.807, 2.05) is 0 Å². The molecule has 1 nitrogen and oxygen atoms in total. The minimum Gasteiger partial charge on any atom is -0.430 e. The SMILES string of the molecule is Clc1oc(Cl)c(Cl)c1Cl. The van der Waals surface area contributed by atoms with Crippen LogP contribution in [-0.2, 0) is 0 Å². The molecule has 0 saturated heterocycles. The summed E-state index contributed by atoms with van der Waals surface area (Å²) in [5.74, 6) is 0. The van der Waals surface area contributed by atoms with Crippen LogP contribution in [0.1, 0.15) is 0 Å². The highest BCUT2D eigenvalue weighted by molar-refractivity contribution is 6.51. The predicted molar refractivity (Wildman–Crippen MR) is 38.7 cm³/mol. The van der Waals surface area contributed by atoms with E-state index in [9.17, 15) is 0 Å². The van der Waals surface area contributed by atoms with Crippen molar-refractivity contribution in [3.8, 4) is 0 Å². The maximum atomic E-state index is 5.46. The van der Waals surface area contributed by atoms with Gasteiger partial charge in [0.25, 0.3) is 0 Å². The third-order valence-corrected chi connectivity index (χ3v) is 2.26. The number of furan rings is 1. The van der Waals surface area contributed by atoms with Gasteiger partial charge in [-0.2, -0.15) is 0 Å². The van der Waals surface area contributed by atoms with Crippen LogP contribution in [0.15, 0.2) is 4.42 Å². The minimum absolute atomic E-state index is 0.0201. The first-order valence-electron chi connectivity index (χ1n) is 1.91. The Bertz CT molecular complexity index is 206. The van der Waals surface area contributed by atoms with Crippen molar-refractivity contribution >= 4 is 46.4 Å². The Morgan fingerprint density at radius 3 is 1.22 bits per heavy atom. The van der Waals surface area contributed by atoms with Crippen LogP contribution in [-0.4, -0.2) is 0 Å². The Hall–Kier alpha value is 0.440. The van der Waals surface area contributed by atoms with Crippen LogP contribution >= 0.6 is 46.4 Å². The molecule has 0 fully saturated rings. The fraction of sp³-hybridized carbons (Fsp3) is 0. The molecule has 0 aliphatic rings. The molecule has 9 heavy (non-hydrogen) atoms. The van der Waals surface area contributed by atoms with Crippen molar-refractivity contribution in [1.29, 1.82) is 0 Å². The van der Waals surface area contributed by atoms with Gasteiger partial charge >= 0.3 is 0 Å². The third kappa shape index (κ3) is 1.30. The van der Waals surface area contributed by atoms with Crippen molar-refractivity contribution in [2.45, 2.75) is 0 Å². The molecule has 0 unspecified atom stereocenters. The average Bonchev–Trinajstić information content (AvgIpc) is 1.98. The van der Waals surface area contributed by atoms with Crippen molar-refractivity contribution in [2.24, 2.45) is 0 Å². The number of rotatable bonds is 0. The summed E-state index contributed by atoms with van der Waals surface area (Å²) < 4.78 is 4.61. The Labute approximate surface area is 71.4 Å². The molecule has 5 heteroatoms. The summed E-state index contributed by atoms with van der Waals surface area (Å²) in [5.41, 5.74) is 0. The van der Waals surface area contributed by atoms with Gasteiger partial charge in [-0.1, -0.05) is 23.2 Å². The molecule has 1 rings (SSSR count). The summed E-state index contributed by atoms with van der Waals surface area (Å²) in [5, 5.41) is 0.352. The first-order valence-corrected chi connectivity index (χ1v) is 3.43. The zero-order valence-electron chi connectivity index (χ0n) is 3.92. The molecule has 0 spiro atoms. The summed E-state index contributed by atoms with van der Waals surface area (Å²) in [6.45, 7) is 0. The van der Waals surface area contributed by atoms with E-state index in [1.165, 1.54) is 0 Å². The molecule has 50 valence electrons. The standard InChI is InChI=1S/C4Cl4O/c5-1-2(6)4(8)9-3(1)7. The Balaban J connectivity index is 3.29. The highest BCUT2D eigenvalue weighted by Gasteiger charge is 2.12. The van der Waals surface area contributed by atoms with Crippen LogP contribution in [0.2, 0.25) is 20.5 Å². The molecule has 0 aromatic carbocycles. The van der Waals surface area contributed by atoms with E-state index in [4.69, 9.17) is 46.4 Å². The van der Waals surface area contributed by atoms with Crippen molar-refractivity contribution in [3.05, 3.63) is 20.5 Å². The molecule has 0 aliphatic heterocycles. The Morgan fingerprint density at radius 2 is 1.11 bits per heavy atom. The second kappa shape index (κ2) is 2.59. The first kappa shape index (κ1) is 7.55. The van der Waals surface area contributed by atoms with E-state index in [0.29, 0.717) is 0 Å². The Kier molecular flexibility index (Phi) is 2.17. The minimum atomic E-state index is 0.0201. The number of hydrogen-bond acceptors (Lipinski definition) is 1. The molecule has 0 amide bonds. The van der Waals surface area contributed by atoms with Gasteiger partial charge in [-0.3, -0.25) is 0 Å². The summed E-state index contributed by atoms with van der Waals surface area (Å²) in [7, 11) is 0. The smallest absolute Gasteiger partial charge is 0.215 e. The van der Waals surface area contributed by atoms with Crippen molar-refractivity contribution in [2.75, 3.05) is 0 Å². The quantitative estimate of drug-likeness (QED) is 0.627. The van der Waals surface area contributed by atoms with Crippen LogP contribution in [0.4, 0.5) is 0 Å². The van der Waals surface area contributed by atoms with Crippen molar-refractivity contribution < 1.29 is 4.42 Å². The highest BCUT2D eigenvalue weighted by atomic mass is 35.5. The summed E-state index contributed by atoms with van der Waals surface area (Å²) in [6, 6.07) is 0. The molecule has 1 heterocycles. The molecule has 1 aromatic heterocycles. The zero-order chi connectivity index (χ0) is 7.02. The van der Waals surface area contributed by atoms with Crippen molar-refractivity contribution in [1.82, 2.24) is 0 Å². The average molecular weight is 206 g/mol. The fourth-order valence-corrected chi connectivity index (χ4v) is 1.07. The first-order chi connectivity index (χ1) is 4.13. The predicted octanol–water partition coefficient (Wildman–Crippen LogP) is 3.89. The van der Waals surface area contributed by atoms with Gasteiger partial charge in [-0.15, -0.1) is 0 Å². The lowest BCUT2D eigenvalue weighted by Gasteiger charge is -1.76. The van der Waals surface area contributed by atoms with Crippen LogP contribution in [0.3, 0.4) is 0 Å². The van der Waals surface area contributed by atoms with Gasteiger partial charge in [0, 0.05) is 0 Å². The van der Waals surface area contributed by atoms with Crippen LogP contribution < -0.4 is 0 Å². The maximum absolute atomic E-state index is 5.46. The van der Waals surface area contributed by atoms with Crippen molar-refractivity contribution in [3.63, 3.8) is 0 Å².